The molecule has 32 heavy (non-hydrogen) atoms. The molecule has 0 bridgehead atoms. The van der Waals surface area contributed by atoms with Crippen LogP contribution in [-0.2, 0) is 11.2 Å². The van der Waals surface area contributed by atoms with Crippen LogP contribution in [0.2, 0.25) is 0 Å². The van der Waals surface area contributed by atoms with Gasteiger partial charge in [-0.2, -0.15) is 0 Å². The minimum Gasteiger partial charge on any atom is -0.356 e. The number of hydrogen-bond donors (Lipinski definition) is 2. The van der Waals surface area contributed by atoms with Gasteiger partial charge in [-0.05, 0) is 30.5 Å². The lowest BCUT2D eigenvalue weighted by atomic mass is 10.1. The average Bonchev–Trinajstić information content (AvgIpc) is 3.48. The SMILES string of the molecule is CC(=O)NCCCc1ccc(-c2csc(NC(=O)c3cn(-c4ccccc4)nn3)n2)cc1. The van der Waals surface area contributed by atoms with Crippen LogP contribution in [0, 0.1) is 0 Å². The summed E-state index contributed by atoms with van der Waals surface area (Å²) >= 11 is 1.36. The number of anilines is 1. The number of carbonyl (C=O) groups is 2. The summed E-state index contributed by atoms with van der Waals surface area (Å²) in [4.78, 5) is 28.0. The van der Waals surface area contributed by atoms with Gasteiger partial charge < -0.3 is 5.32 Å². The number of nitrogens with one attached hydrogen (secondary N) is 2. The highest BCUT2D eigenvalue weighted by molar-refractivity contribution is 7.14. The zero-order chi connectivity index (χ0) is 22.3. The summed E-state index contributed by atoms with van der Waals surface area (Å²) < 4.78 is 1.56. The quantitative estimate of drug-likeness (QED) is 0.402. The highest BCUT2D eigenvalue weighted by atomic mass is 32.1. The fourth-order valence-electron chi connectivity index (χ4n) is 3.10. The molecule has 2 heterocycles. The molecular formula is C23H22N6O2S. The van der Waals surface area contributed by atoms with Crippen molar-refractivity contribution in [2.45, 2.75) is 19.8 Å². The van der Waals surface area contributed by atoms with Crippen LogP contribution in [-0.4, -0.2) is 38.3 Å². The van der Waals surface area contributed by atoms with Crippen LogP contribution < -0.4 is 10.6 Å². The number of aromatic nitrogens is 4. The van der Waals surface area contributed by atoms with E-state index < -0.39 is 0 Å². The van der Waals surface area contributed by atoms with E-state index in [1.54, 1.807) is 10.9 Å². The molecule has 0 aliphatic heterocycles. The van der Waals surface area contributed by atoms with E-state index in [2.05, 4.69) is 38.1 Å². The van der Waals surface area contributed by atoms with Gasteiger partial charge in [0.15, 0.2) is 10.8 Å². The lowest BCUT2D eigenvalue weighted by molar-refractivity contribution is -0.118. The standard InChI is InChI=1S/C23H22N6O2S/c1-16(30)24-13-5-6-17-9-11-18(12-10-17)21-15-32-23(25-21)26-22(31)20-14-29(28-27-20)19-7-3-2-4-8-19/h2-4,7-12,14-15H,5-6,13H2,1H3,(H,24,30)(H,25,26,31). The topological polar surface area (TPSA) is 102 Å². The van der Waals surface area contributed by atoms with Crippen LogP contribution in [0.15, 0.2) is 66.2 Å². The van der Waals surface area contributed by atoms with Crippen LogP contribution in [0.4, 0.5) is 5.13 Å². The first kappa shape index (κ1) is 21.4. The van der Waals surface area contributed by atoms with Crippen molar-refractivity contribution < 1.29 is 9.59 Å². The third kappa shape index (κ3) is 5.44. The Morgan fingerprint density at radius 1 is 1.06 bits per heavy atom. The van der Waals surface area contributed by atoms with Gasteiger partial charge in [-0.1, -0.05) is 47.7 Å². The fraction of sp³-hybridized carbons (Fsp3) is 0.174. The van der Waals surface area contributed by atoms with Gasteiger partial charge in [0.1, 0.15) is 0 Å². The van der Waals surface area contributed by atoms with E-state index in [-0.39, 0.29) is 17.5 Å². The first-order valence-electron chi connectivity index (χ1n) is 10.2. The third-order valence-corrected chi connectivity index (χ3v) is 5.50. The van der Waals surface area contributed by atoms with Crippen LogP contribution in [0.25, 0.3) is 16.9 Å². The van der Waals surface area contributed by atoms with Gasteiger partial charge in [0, 0.05) is 24.4 Å². The van der Waals surface area contributed by atoms with Gasteiger partial charge in [0.25, 0.3) is 5.91 Å². The van der Waals surface area contributed by atoms with E-state index in [0.29, 0.717) is 11.7 Å². The van der Waals surface area contributed by atoms with Crippen molar-refractivity contribution in [3.05, 3.63) is 77.4 Å². The van der Waals surface area contributed by atoms with Gasteiger partial charge in [-0.15, -0.1) is 16.4 Å². The summed E-state index contributed by atoms with van der Waals surface area (Å²) in [6, 6.07) is 17.6. The maximum Gasteiger partial charge on any atom is 0.279 e. The van der Waals surface area contributed by atoms with Crippen molar-refractivity contribution >= 4 is 28.3 Å². The molecule has 8 nitrogen and oxygen atoms in total. The van der Waals surface area contributed by atoms with Gasteiger partial charge >= 0.3 is 0 Å². The molecule has 2 N–H and O–H groups in total. The Morgan fingerprint density at radius 2 is 1.84 bits per heavy atom. The molecule has 0 radical (unpaired) electrons. The molecule has 2 aromatic carbocycles. The van der Waals surface area contributed by atoms with Gasteiger partial charge in [-0.25, -0.2) is 9.67 Å². The highest BCUT2D eigenvalue weighted by Crippen LogP contribution is 2.25. The van der Waals surface area contributed by atoms with Crippen molar-refractivity contribution in [3.8, 4) is 16.9 Å². The van der Waals surface area contributed by atoms with Crippen molar-refractivity contribution in [3.63, 3.8) is 0 Å². The van der Waals surface area contributed by atoms with Crippen molar-refractivity contribution in [1.29, 1.82) is 0 Å². The van der Waals surface area contributed by atoms with E-state index in [1.807, 2.05) is 47.8 Å². The molecular weight excluding hydrogens is 424 g/mol. The molecule has 0 aliphatic rings. The summed E-state index contributed by atoms with van der Waals surface area (Å²) in [6.45, 7) is 2.19. The molecule has 4 aromatic rings. The number of thiazole rings is 1. The van der Waals surface area contributed by atoms with Gasteiger partial charge in [-0.3, -0.25) is 14.9 Å². The number of aryl methyl sites for hydroxylation is 1. The van der Waals surface area contributed by atoms with E-state index in [1.165, 1.54) is 23.8 Å². The number of para-hydroxylation sites is 1. The molecule has 0 atom stereocenters. The number of rotatable bonds is 8. The molecule has 0 saturated heterocycles. The summed E-state index contributed by atoms with van der Waals surface area (Å²) in [5.74, 6) is -0.366. The second-order valence-corrected chi connectivity index (χ2v) is 8.02. The number of hydrogen-bond acceptors (Lipinski definition) is 6. The Bertz CT molecular complexity index is 1200. The Balaban J connectivity index is 1.35. The Hall–Kier alpha value is -3.85. The Kier molecular flexibility index (Phi) is 6.66. The number of nitrogens with zero attached hydrogens (tertiary/aromatic N) is 4. The molecule has 0 aliphatic carbocycles. The maximum absolute atomic E-state index is 12.5. The summed E-state index contributed by atoms with van der Waals surface area (Å²) in [6.07, 6.45) is 3.37. The third-order valence-electron chi connectivity index (χ3n) is 4.74. The van der Waals surface area contributed by atoms with E-state index in [0.717, 1.165) is 29.8 Å². The number of benzene rings is 2. The first-order chi connectivity index (χ1) is 15.6. The first-order valence-corrected chi connectivity index (χ1v) is 11.0. The Labute approximate surface area is 189 Å². The molecule has 2 aromatic heterocycles. The van der Waals surface area contributed by atoms with Crippen molar-refractivity contribution in [2.75, 3.05) is 11.9 Å². The second-order valence-electron chi connectivity index (χ2n) is 7.16. The van der Waals surface area contributed by atoms with Crippen molar-refractivity contribution in [1.82, 2.24) is 25.3 Å². The largest absolute Gasteiger partial charge is 0.356 e. The zero-order valence-corrected chi connectivity index (χ0v) is 18.3. The smallest absolute Gasteiger partial charge is 0.279 e. The average molecular weight is 447 g/mol. The van der Waals surface area contributed by atoms with E-state index >= 15 is 0 Å². The van der Waals surface area contributed by atoms with Crippen LogP contribution in [0.1, 0.15) is 29.4 Å². The van der Waals surface area contributed by atoms with Gasteiger partial charge in [0.05, 0.1) is 17.6 Å². The number of amides is 2. The predicted octanol–water partition coefficient (Wildman–Crippen LogP) is 3.71. The van der Waals surface area contributed by atoms with E-state index in [4.69, 9.17) is 0 Å². The van der Waals surface area contributed by atoms with Crippen LogP contribution in [0.5, 0.6) is 0 Å². The monoisotopic (exact) mass is 446 g/mol. The molecule has 0 spiro atoms. The summed E-state index contributed by atoms with van der Waals surface area (Å²) in [5.41, 5.74) is 4.01. The molecule has 0 unspecified atom stereocenters. The maximum atomic E-state index is 12.5. The summed E-state index contributed by atoms with van der Waals surface area (Å²) in [7, 11) is 0. The molecule has 9 heteroatoms. The molecule has 0 fully saturated rings. The minimum absolute atomic E-state index is 0.00687. The molecule has 4 rings (SSSR count). The predicted molar refractivity (Wildman–Crippen MR) is 124 cm³/mol. The second kappa shape index (κ2) is 9.97. The minimum atomic E-state index is -0.359. The molecule has 162 valence electrons. The molecule has 2 amide bonds. The normalized spacial score (nSPS) is 10.7. The fourth-order valence-corrected chi connectivity index (χ4v) is 3.81. The van der Waals surface area contributed by atoms with E-state index in [9.17, 15) is 9.59 Å². The lowest BCUT2D eigenvalue weighted by Gasteiger charge is -2.04. The van der Waals surface area contributed by atoms with Gasteiger partial charge in [0.2, 0.25) is 5.91 Å². The Morgan fingerprint density at radius 3 is 2.59 bits per heavy atom. The van der Waals surface area contributed by atoms with Crippen LogP contribution in [0.3, 0.4) is 0 Å². The zero-order valence-electron chi connectivity index (χ0n) is 17.5. The lowest BCUT2D eigenvalue weighted by Crippen LogP contribution is -2.21. The highest BCUT2D eigenvalue weighted by Gasteiger charge is 2.14. The van der Waals surface area contributed by atoms with Crippen molar-refractivity contribution in [2.24, 2.45) is 0 Å². The number of carbonyl (C=O) groups excluding carboxylic acids is 2. The molecule has 0 saturated carbocycles. The summed E-state index contributed by atoms with van der Waals surface area (Å²) in [5, 5.41) is 16.0. The van der Waals surface area contributed by atoms with Crippen LogP contribution >= 0.6 is 11.3 Å².